The van der Waals surface area contributed by atoms with Gasteiger partial charge in [-0.2, -0.15) is 17.4 Å². The van der Waals surface area contributed by atoms with E-state index < -0.39 is 19.2 Å². The van der Waals surface area contributed by atoms with Crippen molar-refractivity contribution < 1.29 is 21.9 Å². The Morgan fingerprint density at radius 1 is 0.789 bits per heavy atom. The summed E-state index contributed by atoms with van der Waals surface area (Å²) in [6, 6.07) is 10.6. The second kappa shape index (κ2) is 4.82. The summed E-state index contributed by atoms with van der Waals surface area (Å²) in [5.41, 5.74) is -0.899. The van der Waals surface area contributed by atoms with E-state index in [1.807, 2.05) is 0 Å². The third-order valence-corrected chi connectivity index (χ3v) is 4.54. The fraction of sp³-hybridized carbons (Fsp3) is 0.0769. The zero-order valence-corrected chi connectivity index (χ0v) is 10.5. The molecule has 0 aliphatic heterocycles. The lowest BCUT2D eigenvalue weighted by atomic mass is 10.2. The van der Waals surface area contributed by atoms with E-state index in [1.165, 1.54) is 24.3 Å². The third-order valence-electron chi connectivity index (χ3n) is 2.62. The topological polar surface area (TPSA) is 17.1 Å². The molecule has 6 heteroatoms. The zero-order valence-electron chi connectivity index (χ0n) is 9.56. The molecule has 1 nitrogen and oxygen atoms in total. The molecule has 0 amide bonds. The molecule has 0 saturated heterocycles. The first kappa shape index (κ1) is 13.8. The fourth-order valence-corrected chi connectivity index (χ4v) is 3.00. The minimum absolute atomic E-state index is 0.0326. The maximum absolute atomic E-state index is 14.3. The Morgan fingerprint density at radius 3 is 1.74 bits per heavy atom. The summed E-state index contributed by atoms with van der Waals surface area (Å²) in [6.07, 6.45) is -4.49. The number of alkyl halides is 3. The molecular weight excluding hydrogens is 279 g/mol. The van der Waals surface area contributed by atoms with Gasteiger partial charge in [0.05, 0.1) is 5.56 Å². The molecule has 2 rings (SSSR count). The molecule has 0 fully saturated rings. The summed E-state index contributed by atoms with van der Waals surface area (Å²) in [6.45, 7) is 0. The first-order valence-corrected chi connectivity index (χ1v) is 6.95. The van der Waals surface area contributed by atoms with Gasteiger partial charge in [0, 0.05) is 10.6 Å². The smallest absolute Gasteiger partial charge is 0.277 e. The van der Waals surface area contributed by atoms with Gasteiger partial charge in [-0.15, -0.1) is 0 Å². The molecule has 2 aromatic rings. The van der Waals surface area contributed by atoms with Crippen molar-refractivity contribution >= 4 is 18.1 Å². The molecule has 0 aliphatic rings. The molecule has 1 atom stereocenters. The van der Waals surface area contributed by atoms with E-state index in [1.54, 1.807) is 6.07 Å². The number of benzene rings is 2. The summed E-state index contributed by atoms with van der Waals surface area (Å²) in [5.74, 6) is 0. The predicted octanol–water partition coefficient (Wildman–Crippen LogP) is 3.90. The van der Waals surface area contributed by atoms with Crippen molar-refractivity contribution in [3.05, 3.63) is 60.2 Å². The minimum atomic E-state index is -4.49. The summed E-state index contributed by atoms with van der Waals surface area (Å²) in [5, 5.41) is -0.276. The molecular formula is C13H9F4OP. The molecule has 0 N–H and O–H groups in total. The SMILES string of the molecule is O=P(F)(c1ccccc1)c1ccc(C(F)(F)F)cc1. The highest BCUT2D eigenvalue weighted by atomic mass is 31.2. The lowest BCUT2D eigenvalue weighted by Crippen LogP contribution is -2.14. The van der Waals surface area contributed by atoms with E-state index in [9.17, 15) is 21.9 Å². The van der Waals surface area contributed by atoms with E-state index in [0.29, 0.717) is 0 Å². The maximum atomic E-state index is 14.3. The van der Waals surface area contributed by atoms with Crippen molar-refractivity contribution in [2.45, 2.75) is 6.18 Å². The van der Waals surface area contributed by atoms with Gasteiger partial charge in [0.1, 0.15) is 0 Å². The Kier molecular flexibility index (Phi) is 3.50. The van der Waals surface area contributed by atoms with Crippen LogP contribution in [0.15, 0.2) is 54.6 Å². The van der Waals surface area contributed by atoms with Crippen molar-refractivity contribution in [1.29, 1.82) is 0 Å². The molecule has 0 heterocycles. The lowest BCUT2D eigenvalue weighted by molar-refractivity contribution is -0.137. The van der Waals surface area contributed by atoms with Crippen LogP contribution in [0.5, 0.6) is 0 Å². The van der Waals surface area contributed by atoms with Gasteiger partial charge in [-0.1, -0.05) is 18.2 Å². The van der Waals surface area contributed by atoms with Crippen molar-refractivity contribution in [1.82, 2.24) is 0 Å². The molecule has 0 aromatic heterocycles. The average Bonchev–Trinajstić information content (AvgIpc) is 2.39. The van der Waals surface area contributed by atoms with E-state index in [-0.39, 0.29) is 10.6 Å². The van der Waals surface area contributed by atoms with Crippen LogP contribution in [-0.4, -0.2) is 0 Å². The van der Waals surface area contributed by atoms with Crippen LogP contribution in [0, 0.1) is 0 Å². The summed E-state index contributed by atoms with van der Waals surface area (Å²) < 4.78 is 63.4. The first-order valence-electron chi connectivity index (χ1n) is 5.35. The van der Waals surface area contributed by atoms with Gasteiger partial charge in [-0.05, 0) is 36.4 Å². The summed E-state index contributed by atoms with van der Waals surface area (Å²) in [7, 11) is -4.34. The first-order chi connectivity index (χ1) is 8.82. The molecule has 2 aromatic carbocycles. The summed E-state index contributed by atoms with van der Waals surface area (Å²) in [4.78, 5) is 0. The number of rotatable bonds is 2. The number of hydrogen-bond donors (Lipinski definition) is 0. The standard InChI is InChI=1S/C13H9F4OP/c14-13(15,16)10-6-8-12(9-7-10)19(17,18)11-4-2-1-3-5-11/h1-9H. The fourth-order valence-electron chi connectivity index (χ4n) is 1.61. The highest BCUT2D eigenvalue weighted by Gasteiger charge is 2.32. The molecule has 0 radical (unpaired) electrons. The van der Waals surface area contributed by atoms with Crippen LogP contribution in [0.4, 0.5) is 17.4 Å². The molecule has 19 heavy (non-hydrogen) atoms. The van der Waals surface area contributed by atoms with Gasteiger partial charge in [0.25, 0.3) is 7.45 Å². The van der Waals surface area contributed by atoms with Gasteiger partial charge < -0.3 is 0 Å². The third kappa shape index (κ3) is 2.87. The van der Waals surface area contributed by atoms with Crippen molar-refractivity contribution in [3.63, 3.8) is 0 Å². The monoisotopic (exact) mass is 288 g/mol. The molecule has 0 aliphatic carbocycles. The second-order valence-corrected chi connectivity index (χ2v) is 6.01. The van der Waals surface area contributed by atoms with Gasteiger partial charge in [-0.25, -0.2) is 0 Å². The van der Waals surface area contributed by atoms with E-state index in [0.717, 1.165) is 24.3 Å². The number of hydrogen-bond acceptors (Lipinski definition) is 1. The molecule has 1 unspecified atom stereocenters. The lowest BCUT2D eigenvalue weighted by Gasteiger charge is -2.11. The Labute approximate surface area is 107 Å². The molecule has 0 saturated carbocycles. The van der Waals surface area contributed by atoms with Crippen LogP contribution in [0.25, 0.3) is 0 Å². The molecule has 0 bridgehead atoms. The molecule has 100 valence electrons. The molecule has 0 spiro atoms. The van der Waals surface area contributed by atoms with Crippen molar-refractivity contribution in [3.8, 4) is 0 Å². The second-order valence-electron chi connectivity index (χ2n) is 3.91. The normalized spacial score (nSPS) is 14.9. The van der Waals surface area contributed by atoms with Crippen LogP contribution in [0.3, 0.4) is 0 Å². The average molecular weight is 288 g/mol. The maximum Gasteiger partial charge on any atom is 0.416 e. The van der Waals surface area contributed by atoms with Gasteiger partial charge in [0.15, 0.2) is 0 Å². The highest BCUT2D eigenvalue weighted by molar-refractivity contribution is 7.74. The Morgan fingerprint density at radius 2 is 1.26 bits per heavy atom. The van der Waals surface area contributed by atoms with Crippen LogP contribution in [0.2, 0.25) is 0 Å². The highest BCUT2D eigenvalue weighted by Crippen LogP contribution is 2.45. The Hall–Kier alpha value is -1.61. The zero-order chi connectivity index (χ0) is 14.1. The minimum Gasteiger partial charge on any atom is -0.277 e. The predicted molar refractivity (Wildman–Crippen MR) is 65.9 cm³/mol. The van der Waals surface area contributed by atoms with E-state index in [2.05, 4.69) is 0 Å². The summed E-state index contributed by atoms with van der Waals surface area (Å²) >= 11 is 0. The Bertz CT molecular complexity index is 605. The van der Waals surface area contributed by atoms with E-state index in [4.69, 9.17) is 0 Å². The Balaban J connectivity index is 2.40. The van der Waals surface area contributed by atoms with Gasteiger partial charge in [0.2, 0.25) is 0 Å². The van der Waals surface area contributed by atoms with Crippen LogP contribution in [-0.2, 0) is 10.7 Å². The van der Waals surface area contributed by atoms with E-state index >= 15 is 0 Å². The quantitative estimate of drug-likeness (QED) is 0.605. The van der Waals surface area contributed by atoms with Crippen LogP contribution in [0.1, 0.15) is 5.56 Å². The van der Waals surface area contributed by atoms with Crippen LogP contribution < -0.4 is 10.6 Å². The van der Waals surface area contributed by atoms with Gasteiger partial charge in [-0.3, -0.25) is 4.57 Å². The number of halogens is 4. The largest absolute Gasteiger partial charge is 0.416 e. The van der Waals surface area contributed by atoms with Gasteiger partial charge >= 0.3 is 6.18 Å². The van der Waals surface area contributed by atoms with Crippen LogP contribution >= 0.6 is 7.45 Å². The van der Waals surface area contributed by atoms with Crippen molar-refractivity contribution in [2.24, 2.45) is 0 Å². The van der Waals surface area contributed by atoms with Crippen molar-refractivity contribution in [2.75, 3.05) is 0 Å².